The third-order valence-corrected chi connectivity index (χ3v) is 6.57. The fourth-order valence-electron chi connectivity index (χ4n) is 3.06. The zero-order valence-corrected chi connectivity index (χ0v) is 19.2. The maximum Gasteiger partial charge on any atom is 0.231 e. The van der Waals surface area contributed by atoms with Crippen LogP contribution in [0.2, 0.25) is 5.02 Å². The second kappa shape index (κ2) is 10.2. The number of nitrogens with one attached hydrogen (secondary N) is 2. The Morgan fingerprint density at radius 3 is 2.81 bits per heavy atom. The van der Waals surface area contributed by atoms with E-state index in [4.69, 9.17) is 16.3 Å². The minimum atomic E-state index is -0.359. The molecule has 0 fully saturated rings. The molecule has 0 spiro atoms. The number of rotatable bonds is 8. The number of hydrogen-bond acceptors (Lipinski definition) is 6. The summed E-state index contributed by atoms with van der Waals surface area (Å²) in [5, 5.41) is 13.0. The van der Waals surface area contributed by atoms with Gasteiger partial charge in [0.1, 0.15) is 11.6 Å². The number of aromatic amines is 1. The van der Waals surface area contributed by atoms with Gasteiger partial charge in [-0.05, 0) is 47.3 Å². The number of halogens is 2. The van der Waals surface area contributed by atoms with Crippen LogP contribution < -0.4 is 10.1 Å². The molecule has 0 bridgehead atoms. The van der Waals surface area contributed by atoms with Gasteiger partial charge in [0, 0.05) is 9.90 Å². The van der Waals surface area contributed by atoms with Gasteiger partial charge in [-0.3, -0.25) is 9.89 Å². The predicted octanol–water partition coefficient (Wildman–Crippen LogP) is 5.33. The number of aromatic nitrogens is 3. The van der Waals surface area contributed by atoms with Crippen LogP contribution in [0.5, 0.6) is 5.75 Å². The zero-order chi connectivity index (χ0) is 22.5. The lowest BCUT2D eigenvalue weighted by Gasteiger charge is -2.18. The molecule has 1 unspecified atom stereocenters. The molecule has 2 aromatic carbocycles. The first-order valence-electron chi connectivity index (χ1n) is 9.51. The first-order valence-corrected chi connectivity index (χ1v) is 11.7. The largest absolute Gasteiger partial charge is 0.496 e. The molecule has 10 heteroatoms. The number of H-pyrrole nitrogens is 1. The lowest BCUT2D eigenvalue weighted by atomic mass is 10.1. The molecule has 2 aromatic heterocycles. The Bertz CT molecular complexity index is 1200. The number of carbonyl (C=O) groups is 1. The summed E-state index contributed by atoms with van der Waals surface area (Å²) in [6, 6.07) is 14.8. The van der Waals surface area contributed by atoms with Gasteiger partial charge in [0.15, 0.2) is 5.82 Å². The molecule has 164 valence electrons. The second-order valence-corrected chi connectivity index (χ2v) is 9.03. The fraction of sp³-hybridized carbons (Fsp3) is 0.136. The van der Waals surface area contributed by atoms with Crippen molar-refractivity contribution in [2.75, 3.05) is 12.9 Å². The van der Waals surface area contributed by atoms with E-state index >= 15 is 0 Å². The van der Waals surface area contributed by atoms with E-state index in [-0.39, 0.29) is 23.5 Å². The van der Waals surface area contributed by atoms with Gasteiger partial charge in [0.2, 0.25) is 11.1 Å². The summed E-state index contributed by atoms with van der Waals surface area (Å²) in [4.78, 5) is 18.1. The highest BCUT2D eigenvalue weighted by atomic mass is 35.5. The quantitative estimate of drug-likeness (QED) is 0.327. The van der Waals surface area contributed by atoms with Gasteiger partial charge in [-0.15, -0.1) is 16.4 Å². The summed E-state index contributed by atoms with van der Waals surface area (Å²) in [5.41, 5.74) is 1.48. The molecule has 6 nitrogen and oxygen atoms in total. The fourth-order valence-corrected chi connectivity index (χ4v) is 4.64. The molecule has 0 saturated carbocycles. The van der Waals surface area contributed by atoms with E-state index in [1.165, 1.54) is 35.2 Å². The van der Waals surface area contributed by atoms with Crippen LogP contribution in [-0.4, -0.2) is 34.0 Å². The average Bonchev–Trinajstić information content (AvgIpc) is 3.49. The van der Waals surface area contributed by atoms with Crippen LogP contribution in [0.15, 0.2) is 65.1 Å². The van der Waals surface area contributed by atoms with Crippen molar-refractivity contribution in [3.8, 4) is 17.1 Å². The van der Waals surface area contributed by atoms with Crippen molar-refractivity contribution in [2.24, 2.45) is 0 Å². The number of methoxy groups -OCH3 is 1. The van der Waals surface area contributed by atoms with Crippen LogP contribution in [0.25, 0.3) is 11.4 Å². The number of hydrogen-bond donors (Lipinski definition) is 2. The van der Waals surface area contributed by atoms with Crippen molar-refractivity contribution < 1.29 is 13.9 Å². The molecule has 1 amide bonds. The van der Waals surface area contributed by atoms with Gasteiger partial charge in [0.05, 0.1) is 24.5 Å². The topological polar surface area (TPSA) is 79.9 Å². The molecule has 0 saturated heterocycles. The van der Waals surface area contributed by atoms with E-state index < -0.39 is 0 Å². The van der Waals surface area contributed by atoms with Crippen molar-refractivity contribution in [2.45, 2.75) is 11.2 Å². The molecular formula is C22H18ClFN4O2S2. The Labute approximate surface area is 197 Å². The number of nitrogens with zero attached hydrogens (tertiary/aromatic N) is 2. The molecule has 0 aliphatic carbocycles. The second-order valence-electron chi connectivity index (χ2n) is 6.67. The molecule has 0 radical (unpaired) electrons. The Balaban J connectivity index is 1.43. The molecule has 2 heterocycles. The molecule has 0 aliphatic rings. The van der Waals surface area contributed by atoms with Gasteiger partial charge in [-0.1, -0.05) is 41.6 Å². The van der Waals surface area contributed by atoms with Crippen LogP contribution in [0.4, 0.5) is 4.39 Å². The maximum absolute atomic E-state index is 13.3. The van der Waals surface area contributed by atoms with Gasteiger partial charge in [-0.25, -0.2) is 9.37 Å². The van der Waals surface area contributed by atoms with Crippen molar-refractivity contribution in [3.05, 3.63) is 81.3 Å². The maximum atomic E-state index is 13.3. The normalized spacial score (nSPS) is 11.8. The first kappa shape index (κ1) is 22.3. The number of carbonyl (C=O) groups excluding carboxylic acids is 1. The summed E-state index contributed by atoms with van der Waals surface area (Å²) in [5.74, 6) is 0.710. The van der Waals surface area contributed by atoms with E-state index in [0.717, 1.165) is 10.4 Å². The SMILES string of the molecule is COc1ccc(Cl)cc1-c1nc(SCC(=O)NC(c2ccc(F)cc2)c2cccs2)n[nH]1. The molecular weight excluding hydrogens is 471 g/mol. The number of benzene rings is 2. The highest BCUT2D eigenvalue weighted by Gasteiger charge is 2.19. The van der Waals surface area contributed by atoms with Crippen LogP contribution in [0.1, 0.15) is 16.5 Å². The summed E-state index contributed by atoms with van der Waals surface area (Å²) >= 11 is 8.81. The minimum absolute atomic E-state index is 0.118. The monoisotopic (exact) mass is 488 g/mol. The highest BCUT2D eigenvalue weighted by molar-refractivity contribution is 7.99. The van der Waals surface area contributed by atoms with E-state index in [0.29, 0.717) is 27.3 Å². The third-order valence-electron chi connectivity index (χ3n) is 4.55. The number of ether oxygens (including phenoxy) is 1. The average molecular weight is 489 g/mol. The van der Waals surface area contributed by atoms with Crippen molar-refractivity contribution >= 4 is 40.6 Å². The van der Waals surface area contributed by atoms with Gasteiger partial charge < -0.3 is 10.1 Å². The van der Waals surface area contributed by atoms with Crippen LogP contribution in [0.3, 0.4) is 0 Å². The standard InChI is InChI=1S/C22H18ClFN4O2S2/c1-30-17-9-6-14(23)11-16(17)21-26-22(28-27-21)32-12-19(29)25-20(18-3-2-10-31-18)13-4-7-15(24)8-5-13/h2-11,20H,12H2,1H3,(H,25,29)(H,26,27,28). The Hall–Kier alpha value is -2.88. The van der Waals surface area contributed by atoms with E-state index in [1.807, 2.05) is 17.5 Å². The lowest BCUT2D eigenvalue weighted by molar-refractivity contribution is -0.119. The Kier molecular flexibility index (Phi) is 7.09. The molecule has 2 N–H and O–H groups in total. The minimum Gasteiger partial charge on any atom is -0.496 e. The van der Waals surface area contributed by atoms with Gasteiger partial charge in [-0.2, -0.15) is 0 Å². The highest BCUT2D eigenvalue weighted by Crippen LogP contribution is 2.31. The number of thiophene rings is 1. The van der Waals surface area contributed by atoms with Crippen LogP contribution >= 0.6 is 34.7 Å². The summed E-state index contributed by atoms with van der Waals surface area (Å²) in [6.45, 7) is 0. The molecule has 1 atom stereocenters. The first-order chi connectivity index (χ1) is 15.5. The number of thioether (sulfide) groups is 1. The molecule has 32 heavy (non-hydrogen) atoms. The van der Waals surface area contributed by atoms with E-state index in [9.17, 15) is 9.18 Å². The van der Waals surface area contributed by atoms with Crippen LogP contribution in [-0.2, 0) is 4.79 Å². The number of amides is 1. The summed E-state index contributed by atoms with van der Waals surface area (Å²) in [7, 11) is 1.56. The van der Waals surface area contributed by atoms with Crippen molar-refractivity contribution in [3.63, 3.8) is 0 Å². The van der Waals surface area contributed by atoms with Gasteiger partial charge >= 0.3 is 0 Å². The summed E-state index contributed by atoms with van der Waals surface area (Å²) < 4.78 is 18.7. The van der Waals surface area contributed by atoms with Crippen molar-refractivity contribution in [1.82, 2.24) is 20.5 Å². The lowest BCUT2D eigenvalue weighted by Crippen LogP contribution is -2.30. The Morgan fingerprint density at radius 2 is 2.09 bits per heavy atom. The smallest absolute Gasteiger partial charge is 0.231 e. The Morgan fingerprint density at radius 1 is 1.28 bits per heavy atom. The van der Waals surface area contributed by atoms with Gasteiger partial charge in [0.25, 0.3) is 0 Å². The zero-order valence-electron chi connectivity index (χ0n) is 16.8. The third kappa shape index (κ3) is 5.29. The van der Waals surface area contributed by atoms with E-state index in [2.05, 4.69) is 20.5 Å². The predicted molar refractivity (Wildman–Crippen MR) is 125 cm³/mol. The molecule has 4 rings (SSSR count). The van der Waals surface area contributed by atoms with Crippen molar-refractivity contribution in [1.29, 1.82) is 0 Å². The molecule has 4 aromatic rings. The van der Waals surface area contributed by atoms with E-state index in [1.54, 1.807) is 37.4 Å². The van der Waals surface area contributed by atoms with Crippen LogP contribution in [0, 0.1) is 5.82 Å². The molecule has 0 aliphatic heterocycles. The summed E-state index contributed by atoms with van der Waals surface area (Å²) in [6.07, 6.45) is 0.